The molecule has 1 fully saturated rings. The van der Waals surface area contributed by atoms with Gasteiger partial charge in [0.05, 0.1) is 6.04 Å². The largest absolute Gasteiger partial charge is 0.355 e. The van der Waals surface area contributed by atoms with Crippen LogP contribution in [0, 0.1) is 5.92 Å². The van der Waals surface area contributed by atoms with Crippen molar-refractivity contribution in [3.05, 3.63) is 0 Å². The van der Waals surface area contributed by atoms with E-state index >= 15 is 0 Å². The fourth-order valence-electron chi connectivity index (χ4n) is 2.49. The van der Waals surface area contributed by atoms with E-state index in [4.69, 9.17) is 0 Å². The van der Waals surface area contributed by atoms with Crippen LogP contribution in [0.3, 0.4) is 0 Å². The van der Waals surface area contributed by atoms with Crippen LogP contribution in [0.2, 0.25) is 0 Å². The highest BCUT2D eigenvalue weighted by molar-refractivity contribution is 5.81. The summed E-state index contributed by atoms with van der Waals surface area (Å²) in [6, 6.07) is -0.0470. The van der Waals surface area contributed by atoms with Crippen molar-refractivity contribution in [3.63, 3.8) is 0 Å². The molecule has 1 saturated heterocycles. The summed E-state index contributed by atoms with van der Waals surface area (Å²) in [5, 5.41) is 6.43. The highest BCUT2D eigenvalue weighted by Gasteiger charge is 2.35. The molecule has 1 amide bonds. The summed E-state index contributed by atoms with van der Waals surface area (Å²) in [6.07, 6.45) is 1.05. The summed E-state index contributed by atoms with van der Waals surface area (Å²) in [5.74, 6) is 0.793. The molecule has 0 aromatic rings. The number of piperazine rings is 1. The van der Waals surface area contributed by atoms with Gasteiger partial charge in [-0.1, -0.05) is 13.8 Å². The molecule has 0 bridgehead atoms. The van der Waals surface area contributed by atoms with Crippen LogP contribution in [0.15, 0.2) is 0 Å². The van der Waals surface area contributed by atoms with Crippen molar-refractivity contribution in [2.24, 2.45) is 5.92 Å². The maximum absolute atomic E-state index is 12.1. The fourth-order valence-corrected chi connectivity index (χ4v) is 2.49. The van der Waals surface area contributed by atoms with Crippen molar-refractivity contribution in [3.8, 4) is 0 Å². The first-order valence-electron chi connectivity index (χ1n) is 7.10. The molecule has 1 atom stereocenters. The van der Waals surface area contributed by atoms with E-state index in [1.54, 1.807) is 0 Å². The lowest BCUT2D eigenvalue weighted by molar-refractivity contribution is -0.128. The van der Waals surface area contributed by atoms with Crippen LogP contribution < -0.4 is 10.6 Å². The third-order valence-electron chi connectivity index (χ3n) is 3.73. The normalized spacial score (nSPS) is 21.9. The zero-order valence-electron chi connectivity index (χ0n) is 12.5. The molecule has 1 heterocycles. The Morgan fingerprint density at radius 2 is 2.06 bits per heavy atom. The van der Waals surface area contributed by atoms with Gasteiger partial charge in [-0.05, 0) is 33.1 Å². The predicted molar refractivity (Wildman–Crippen MR) is 75.6 cm³/mol. The molecule has 0 aliphatic carbocycles. The average Bonchev–Trinajstić information content (AvgIpc) is 2.27. The van der Waals surface area contributed by atoms with Crippen LogP contribution in [-0.4, -0.2) is 48.6 Å². The second-order valence-corrected chi connectivity index (χ2v) is 6.33. The highest BCUT2D eigenvalue weighted by atomic mass is 16.2. The summed E-state index contributed by atoms with van der Waals surface area (Å²) in [6.45, 7) is 14.4. The van der Waals surface area contributed by atoms with Gasteiger partial charge in [0.25, 0.3) is 0 Å². The lowest BCUT2D eigenvalue weighted by Crippen LogP contribution is -2.63. The molecule has 0 spiro atoms. The molecule has 0 aromatic heterocycles. The summed E-state index contributed by atoms with van der Waals surface area (Å²) < 4.78 is 0. The number of carbonyl (C=O) groups excluding carboxylic acids is 1. The smallest absolute Gasteiger partial charge is 0.237 e. The second kappa shape index (κ2) is 6.53. The molecule has 4 heteroatoms. The molecule has 0 aromatic carbocycles. The van der Waals surface area contributed by atoms with Gasteiger partial charge in [0.2, 0.25) is 5.91 Å². The van der Waals surface area contributed by atoms with Gasteiger partial charge in [-0.15, -0.1) is 0 Å². The minimum Gasteiger partial charge on any atom is -0.355 e. The number of rotatable bonds is 5. The van der Waals surface area contributed by atoms with E-state index in [1.807, 2.05) is 6.92 Å². The average molecular weight is 255 g/mol. The minimum absolute atomic E-state index is 0.0470. The van der Waals surface area contributed by atoms with Gasteiger partial charge in [-0.2, -0.15) is 0 Å². The highest BCUT2D eigenvalue weighted by Crippen LogP contribution is 2.19. The molecule has 0 saturated carbocycles. The van der Waals surface area contributed by atoms with Crippen LogP contribution >= 0.6 is 0 Å². The van der Waals surface area contributed by atoms with E-state index in [0.717, 1.165) is 32.6 Å². The molecular formula is C14H29N3O. The molecular weight excluding hydrogens is 226 g/mol. The molecule has 1 aliphatic rings. The van der Waals surface area contributed by atoms with Crippen molar-refractivity contribution < 1.29 is 4.79 Å². The van der Waals surface area contributed by atoms with Crippen molar-refractivity contribution in [2.75, 3.05) is 26.2 Å². The Kier molecular flexibility index (Phi) is 5.60. The van der Waals surface area contributed by atoms with Crippen LogP contribution in [-0.2, 0) is 4.79 Å². The number of hydrogen-bond donors (Lipinski definition) is 2. The number of nitrogens with zero attached hydrogens (tertiary/aromatic N) is 1. The Morgan fingerprint density at radius 1 is 1.39 bits per heavy atom. The van der Waals surface area contributed by atoms with Crippen LogP contribution in [0.25, 0.3) is 0 Å². The number of amides is 1. The van der Waals surface area contributed by atoms with E-state index in [2.05, 4.69) is 43.2 Å². The van der Waals surface area contributed by atoms with E-state index in [-0.39, 0.29) is 17.5 Å². The maximum Gasteiger partial charge on any atom is 0.237 e. The molecule has 0 radical (unpaired) electrons. The van der Waals surface area contributed by atoms with Crippen molar-refractivity contribution >= 4 is 5.91 Å². The predicted octanol–water partition coefficient (Wildman–Crippen LogP) is 1.22. The Morgan fingerprint density at radius 3 is 2.61 bits per heavy atom. The Balaban J connectivity index is 2.46. The Bertz CT molecular complexity index is 276. The van der Waals surface area contributed by atoms with E-state index in [1.165, 1.54) is 0 Å². The van der Waals surface area contributed by atoms with E-state index in [9.17, 15) is 4.79 Å². The fraction of sp³-hybridized carbons (Fsp3) is 0.929. The first-order chi connectivity index (χ1) is 8.34. The van der Waals surface area contributed by atoms with Crippen molar-refractivity contribution in [1.82, 2.24) is 15.5 Å². The summed E-state index contributed by atoms with van der Waals surface area (Å²) in [4.78, 5) is 14.4. The maximum atomic E-state index is 12.1. The molecule has 1 rings (SSSR count). The lowest BCUT2D eigenvalue weighted by Gasteiger charge is -2.45. The molecule has 1 unspecified atom stereocenters. The van der Waals surface area contributed by atoms with Crippen LogP contribution in [0.1, 0.15) is 41.0 Å². The van der Waals surface area contributed by atoms with Crippen molar-refractivity contribution in [1.29, 1.82) is 0 Å². The number of carbonyl (C=O) groups is 1. The summed E-state index contributed by atoms with van der Waals surface area (Å²) in [5.41, 5.74) is 0.0487. The Labute approximate surface area is 111 Å². The van der Waals surface area contributed by atoms with Gasteiger partial charge in [0.15, 0.2) is 0 Å². The monoisotopic (exact) mass is 255 g/mol. The van der Waals surface area contributed by atoms with Gasteiger partial charge in [-0.3, -0.25) is 9.69 Å². The minimum atomic E-state index is -0.0470. The van der Waals surface area contributed by atoms with E-state index < -0.39 is 0 Å². The SMILES string of the molecule is CC(C)CCNC(=O)C(C)N1CCNCC1(C)C. The lowest BCUT2D eigenvalue weighted by atomic mass is 9.97. The summed E-state index contributed by atoms with van der Waals surface area (Å²) >= 11 is 0. The van der Waals surface area contributed by atoms with Gasteiger partial charge >= 0.3 is 0 Å². The standard InChI is InChI=1S/C14H29N3O/c1-11(2)6-7-16-13(18)12(3)17-9-8-15-10-14(17,4)5/h11-12,15H,6-10H2,1-5H3,(H,16,18). The van der Waals surface area contributed by atoms with Gasteiger partial charge in [0, 0.05) is 31.7 Å². The third-order valence-corrected chi connectivity index (χ3v) is 3.73. The van der Waals surface area contributed by atoms with E-state index in [0.29, 0.717) is 5.92 Å². The Hall–Kier alpha value is -0.610. The topological polar surface area (TPSA) is 44.4 Å². The molecule has 2 N–H and O–H groups in total. The molecule has 106 valence electrons. The third kappa shape index (κ3) is 4.25. The quantitative estimate of drug-likeness (QED) is 0.776. The van der Waals surface area contributed by atoms with Crippen LogP contribution in [0.5, 0.6) is 0 Å². The zero-order chi connectivity index (χ0) is 13.8. The summed E-state index contributed by atoms with van der Waals surface area (Å²) in [7, 11) is 0. The molecule has 4 nitrogen and oxygen atoms in total. The first-order valence-corrected chi connectivity index (χ1v) is 7.10. The van der Waals surface area contributed by atoms with Gasteiger partial charge < -0.3 is 10.6 Å². The van der Waals surface area contributed by atoms with Gasteiger partial charge in [0.1, 0.15) is 0 Å². The first kappa shape index (κ1) is 15.4. The second-order valence-electron chi connectivity index (χ2n) is 6.33. The number of nitrogens with one attached hydrogen (secondary N) is 2. The van der Waals surface area contributed by atoms with Gasteiger partial charge in [-0.25, -0.2) is 0 Å². The van der Waals surface area contributed by atoms with Crippen molar-refractivity contribution in [2.45, 2.75) is 52.6 Å². The molecule has 18 heavy (non-hydrogen) atoms. The molecule has 1 aliphatic heterocycles. The zero-order valence-corrected chi connectivity index (χ0v) is 12.5. The van der Waals surface area contributed by atoms with Crippen LogP contribution in [0.4, 0.5) is 0 Å². The number of hydrogen-bond acceptors (Lipinski definition) is 3.